The number of nitro benzene ring substituents is 1. The van der Waals surface area contributed by atoms with Gasteiger partial charge in [0.1, 0.15) is 4.90 Å². The topological polar surface area (TPSA) is 119 Å². The molecular formula is C18H24N4O4S. The van der Waals surface area contributed by atoms with Crippen molar-refractivity contribution in [1.82, 2.24) is 4.90 Å². The van der Waals surface area contributed by atoms with Gasteiger partial charge in [0.05, 0.1) is 16.7 Å². The summed E-state index contributed by atoms with van der Waals surface area (Å²) in [6.07, 6.45) is 0.950. The lowest BCUT2D eigenvalue weighted by Gasteiger charge is -2.26. The summed E-state index contributed by atoms with van der Waals surface area (Å²) in [5.74, 6) is 0. The molecule has 9 heteroatoms. The van der Waals surface area contributed by atoms with Crippen LogP contribution in [0.15, 0.2) is 47.4 Å². The quantitative estimate of drug-likeness (QED) is 0.526. The third-order valence-electron chi connectivity index (χ3n) is 4.36. The summed E-state index contributed by atoms with van der Waals surface area (Å²) >= 11 is 0. The Morgan fingerprint density at radius 2 is 1.81 bits per heavy atom. The second-order valence-electron chi connectivity index (χ2n) is 6.44. The molecule has 2 aromatic carbocycles. The monoisotopic (exact) mass is 392 g/mol. The van der Waals surface area contributed by atoms with E-state index in [9.17, 15) is 18.5 Å². The molecular weight excluding hydrogens is 368 g/mol. The van der Waals surface area contributed by atoms with Crippen LogP contribution in [0.5, 0.6) is 0 Å². The highest BCUT2D eigenvalue weighted by atomic mass is 32.2. The van der Waals surface area contributed by atoms with Gasteiger partial charge in [-0.2, -0.15) is 0 Å². The van der Waals surface area contributed by atoms with Crippen LogP contribution in [0.2, 0.25) is 0 Å². The summed E-state index contributed by atoms with van der Waals surface area (Å²) in [6.45, 7) is 2.49. The molecule has 0 bridgehead atoms. The van der Waals surface area contributed by atoms with Gasteiger partial charge in [0.15, 0.2) is 0 Å². The number of rotatable bonds is 8. The number of anilines is 1. The number of hydrogen-bond acceptors (Lipinski definition) is 6. The molecule has 0 unspecified atom stereocenters. The molecule has 0 saturated carbocycles. The number of benzene rings is 2. The van der Waals surface area contributed by atoms with Crippen molar-refractivity contribution < 1.29 is 13.3 Å². The first-order valence-corrected chi connectivity index (χ1v) is 9.98. The Hall–Kier alpha value is -2.49. The Morgan fingerprint density at radius 1 is 1.19 bits per heavy atom. The fourth-order valence-electron chi connectivity index (χ4n) is 2.79. The van der Waals surface area contributed by atoms with Gasteiger partial charge in [0.2, 0.25) is 10.0 Å². The zero-order valence-electron chi connectivity index (χ0n) is 15.5. The number of non-ortho nitro benzene ring substituents is 1. The van der Waals surface area contributed by atoms with Gasteiger partial charge in [-0.25, -0.2) is 13.6 Å². The molecule has 146 valence electrons. The maximum absolute atomic E-state index is 11.9. The van der Waals surface area contributed by atoms with Crippen LogP contribution < -0.4 is 10.5 Å². The zero-order chi connectivity index (χ0) is 20.2. The predicted octanol–water partition coefficient (Wildman–Crippen LogP) is 2.52. The molecule has 2 aromatic rings. The molecule has 0 heterocycles. The maximum atomic E-state index is 11.9. The van der Waals surface area contributed by atoms with Gasteiger partial charge in [0, 0.05) is 18.7 Å². The average molecular weight is 392 g/mol. The molecule has 0 aliphatic carbocycles. The SMILES string of the molecule is CCc1ccc([C@H](CNc2ccc([N+](=O)[O-])cc2S(N)(=O)=O)N(C)C)cc1. The van der Waals surface area contributed by atoms with Crippen LogP contribution in [0.4, 0.5) is 11.4 Å². The first-order chi connectivity index (χ1) is 12.6. The summed E-state index contributed by atoms with van der Waals surface area (Å²) in [5.41, 5.74) is 2.21. The fraction of sp³-hybridized carbons (Fsp3) is 0.333. The van der Waals surface area contributed by atoms with Gasteiger partial charge in [-0.05, 0) is 37.7 Å². The van der Waals surface area contributed by atoms with E-state index in [-0.39, 0.29) is 22.3 Å². The minimum Gasteiger partial charge on any atom is -0.382 e. The van der Waals surface area contributed by atoms with Gasteiger partial charge in [-0.3, -0.25) is 10.1 Å². The van der Waals surface area contributed by atoms with Crippen molar-refractivity contribution in [1.29, 1.82) is 0 Å². The van der Waals surface area contributed by atoms with E-state index in [4.69, 9.17) is 5.14 Å². The zero-order valence-corrected chi connectivity index (χ0v) is 16.4. The molecule has 0 radical (unpaired) electrons. The Balaban J connectivity index is 2.30. The number of hydrogen-bond donors (Lipinski definition) is 2. The van der Waals surface area contributed by atoms with Crippen LogP contribution in [-0.4, -0.2) is 38.9 Å². The van der Waals surface area contributed by atoms with E-state index in [0.717, 1.165) is 18.1 Å². The third-order valence-corrected chi connectivity index (χ3v) is 5.32. The van der Waals surface area contributed by atoms with E-state index in [1.165, 1.54) is 17.7 Å². The van der Waals surface area contributed by atoms with Crippen LogP contribution >= 0.6 is 0 Å². The average Bonchev–Trinajstić information content (AvgIpc) is 2.61. The lowest BCUT2D eigenvalue weighted by atomic mass is 10.0. The van der Waals surface area contributed by atoms with E-state index in [2.05, 4.69) is 24.4 Å². The highest BCUT2D eigenvalue weighted by Gasteiger charge is 2.21. The molecule has 0 saturated heterocycles. The Bertz CT molecular complexity index is 911. The van der Waals surface area contributed by atoms with Crippen LogP contribution in [-0.2, 0) is 16.4 Å². The fourth-order valence-corrected chi connectivity index (χ4v) is 3.52. The van der Waals surface area contributed by atoms with Gasteiger partial charge in [0.25, 0.3) is 5.69 Å². The van der Waals surface area contributed by atoms with Crippen molar-refractivity contribution in [2.75, 3.05) is 26.0 Å². The Morgan fingerprint density at radius 3 is 2.30 bits per heavy atom. The molecule has 2 rings (SSSR count). The summed E-state index contributed by atoms with van der Waals surface area (Å²) in [7, 11) is -0.258. The molecule has 1 atom stereocenters. The summed E-state index contributed by atoms with van der Waals surface area (Å²) < 4.78 is 23.7. The summed E-state index contributed by atoms with van der Waals surface area (Å²) in [4.78, 5) is 12.0. The number of nitrogens with zero attached hydrogens (tertiary/aromatic N) is 2. The Labute approximate surface area is 159 Å². The minimum absolute atomic E-state index is 0.0283. The van der Waals surface area contributed by atoms with Gasteiger partial charge in [-0.1, -0.05) is 31.2 Å². The van der Waals surface area contributed by atoms with Crippen LogP contribution in [0.1, 0.15) is 24.1 Å². The highest BCUT2D eigenvalue weighted by Crippen LogP contribution is 2.27. The van der Waals surface area contributed by atoms with Crippen molar-refractivity contribution in [2.24, 2.45) is 5.14 Å². The second kappa shape index (κ2) is 8.47. The van der Waals surface area contributed by atoms with Gasteiger partial charge in [-0.15, -0.1) is 0 Å². The van der Waals surface area contributed by atoms with Crippen LogP contribution in [0.25, 0.3) is 0 Å². The first kappa shape index (κ1) is 20.8. The van der Waals surface area contributed by atoms with Crippen molar-refractivity contribution >= 4 is 21.4 Å². The van der Waals surface area contributed by atoms with E-state index in [1.54, 1.807) is 0 Å². The number of likely N-dealkylation sites (N-methyl/N-ethyl adjacent to an activating group) is 1. The normalized spacial score (nSPS) is 12.8. The van der Waals surface area contributed by atoms with Gasteiger partial charge >= 0.3 is 0 Å². The molecule has 0 aliphatic rings. The molecule has 0 spiro atoms. The third kappa shape index (κ3) is 5.25. The number of nitro groups is 1. The highest BCUT2D eigenvalue weighted by molar-refractivity contribution is 7.89. The first-order valence-electron chi connectivity index (χ1n) is 8.44. The second-order valence-corrected chi connectivity index (χ2v) is 7.97. The number of primary sulfonamides is 1. The number of aryl methyl sites for hydroxylation is 1. The number of nitrogens with one attached hydrogen (secondary N) is 1. The van der Waals surface area contributed by atoms with Crippen molar-refractivity contribution in [3.63, 3.8) is 0 Å². The molecule has 3 N–H and O–H groups in total. The van der Waals surface area contributed by atoms with Crippen molar-refractivity contribution in [3.05, 3.63) is 63.7 Å². The lowest BCUT2D eigenvalue weighted by molar-refractivity contribution is -0.385. The van der Waals surface area contributed by atoms with E-state index >= 15 is 0 Å². The number of sulfonamides is 1. The van der Waals surface area contributed by atoms with Crippen molar-refractivity contribution in [2.45, 2.75) is 24.3 Å². The number of nitrogens with two attached hydrogens (primary N) is 1. The minimum atomic E-state index is -4.11. The standard InChI is InChI=1S/C18H24N4O4S/c1-4-13-5-7-14(8-6-13)17(21(2)3)12-20-16-10-9-15(22(23)24)11-18(16)27(19,25)26/h5-11,17,20H,4,12H2,1-3H3,(H2,19,25,26)/t17-/m0/s1. The van der Waals surface area contributed by atoms with E-state index < -0.39 is 14.9 Å². The molecule has 0 amide bonds. The predicted molar refractivity (Wildman–Crippen MR) is 105 cm³/mol. The van der Waals surface area contributed by atoms with Crippen LogP contribution in [0, 0.1) is 10.1 Å². The Kier molecular flexibility index (Phi) is 6.53. The van der Waals surface area contributed by atoms with E-state index in [0.29, 0.717) is 6.54 Å². The summed E-state index contributed by atoms with van der Waals surface area (Å²) in [6, 6.07) is 11.8. The smallest absolute Gasteiger partial charge is 0.270 e. The molecule has 27 heavy (non-hydrogen) atoms. The molecule has 0 fully saturated rings. The van der Waals surface area contributed by atoms with Gasteiger partial charge < -0.3 is 10.2 Å². The van der Waals surface area contributed by atoms with E-state index in [1.807, 2.05) is 31.1 Å². The lowest BCUT2D eigenvalue weighted by Crippen LogP contribution is -2.27. The maximum Gasteiger partial charge on any atom is 0.270 e. The summed E-state index contributed by atoms with van der Waals surface area (Å²) in [5, 5.41) is 19.2. The molecule has 8 nitrogen and oxygen atoms in total. The van der Waals surface area contributed by atoms with Crippen molar-refractivity contribution in [3.8, 4) is 0 Å². The largest absolute Gasteiger partial charge is 0.382 e. The van der Waals surface area contributed by atoms with Crippen LogP contribution in [0.3, 0.4) is 0 Å². The molecule has 0 aliphatic heterocycles. The molecule has 0 aromatic heterocycles.